The molecule has 0 aliphatic carbocycles. The Kier molecular flexibility index (Phi) is 7.50. The van der Waals surface area contributed by atoms with Crippen molar-refractivity contribution >= 4 is 33.0 Å². The zero-order chi connectivity index (χ0) is 30.1. The number of amides is 1. The van der Waals surface area contributed by atoms with E-state index in [2.05, 4.69) is 27.8 Å². The van der Waals surface area contributed by atoms with Gasteiger partial charge in [-0.15, -0.1) is 0 Å². The number of anilines is 3. The zero-order valence-electron chi connectivity index (χ0n) is 24.4. The lowest BCUT2D eigenvalue weighted by Gasteiger charge is -2.46. The van der Waals surface area contributed by atoms with Crippen LogP contribution >= 0.6 is 0 Å². The third kappa shape index (κ3) is 5.76. The first-order chi connectivity index (χ1) is 20.7. The minimum absolute atomic E-state index is 0.0256. The van der Waals surface area contributed by atoms with E-state index < -0.39 is 16.2 Å². The lowest BCUT2D eigenvalue weighted by molar-refractivity contribution is 0.0968. The molecule has 43 heavy (non-hydrogen) atoms. The first-order valence-electron chi connectivity index (χ1n) is 14.2. The van der Waals surface area contributed by atoms with Crippen LogP contribution in [-0.4, -0.2) is 14.3 Å². The van der Waals surface area contributed by atoms with E-state index in [0.29, 0.717) is 23.5 Å². The predicted octanol–water partition coefficient (Wildman–Crippen LogP) is 7.78. The molecule has 0 spiro atoms. The Morgan fingerprint density at radius 3 is 2.05 bits per heavy atom. The van der Waals surface area contributed by atoms with E-state index in [0.717, 1.165) is 33.5 Å². The van der Waals surface area contributed by atoms with Crippen LogP contribution in [0.4, 0.5) is 17.1 Å². The summed E-state index contributed by atoms with van der Waals surface area (Å²) in [5.74, 6) is -0.262. The van der Waals surface area contributed by atoms with Crippen molar-refractivity contribution in [1.82, 2.24) is 0 Å². The number of nitrogens with zero attached hydrogens (tertiary/aromatic N) is 2. The van der Waals surface area contributed by atoms with Crippen LogP contribution in [-0.2, 0) is 16.6 Å². The minimum atomic E-state index is -3.96. The fraction of sp³-hybridized carbons (Fsp3) is 0.139. The Hall–Kier alpha value is -4.88. The van der Waals surface area contributed by atoms with Crippen LogP contribution in [0, 0.1) is 20.8 Å². The van der Waals surface area contributed by atoms with Crippen molar-refractivity contribution in [1.29, 1.82) is 0 Å². The molecule has 5 aromatic carbocycles. The summed E-state index contributed by atoms with van der Waals surface area (Å²) in [4.78, 5) is 18.5. The van der Waals surface area contributed by atoms with E-state index in [1.165, 1.54) is 6.07 Å². The molecule has 0 aromatic heterocycles. The molecule has 1 heterocycles. The molecular formula is C36H33N3O3S. The maximum atomic E-state index is 14.5. The number of fused-ring (bicyclic) bond motifs is 1. The normalized spacial score (nSPS) is 14.9. The van der Waals surface area contributed by atoms with Gasteiger partial charge in [0.15, 0.2) is 0 Å². The number of hydrogen-bond acceptors (Lipinski definition) is 4. The maximum absolute atomic E-state index is 14.5. The molecule has 216 valence electrons. The monoisotopic (exact) mass is 587 g/mol. The number of sulfonamides is 1. The topological polar surface area (TPSA) is 69.7 Å². The number of nitrogens with one attached hydrogen (secondary N) is 1. The number of rotatable bonds is 7. The highest BCUT2D eigenvalue weighted by atomic mass is 32.2. The van der Waals surface area contributed by atoms with Gasteiger partial charge in [-0.2, -0.15) is 0 Å². The van der Waals surface area contributed by atoms with Crippen LogP contribution in [0.15, 0.2) is 126 Å². The Bertz CT molecular complexity index is 1890. The Morgan fingerprint density at radius 2 is 1.37 bits per heavy atom. The second-order valence-corrected chi connectivity index (χ2v) is 12.7. The van der Waals surface area contributed by atoms with Gasteiger partial charge < -0.3 is 4.90 Å². The van der Waals surface area contributed by atoms with Crippen molar-refractivity contribution in [3.8, 4) is 0 Å². The average molecular weight is 588 g/mol. The zero-order valence-corrected chi connectivity index (χ0v) is 25.2. The van der Waals surface area contributed by atoms with Crippen molar-refractivity contribution in [3.63, 3.8) is 0 Å². The molecule has 0 bridgehead atoms. The largest absolute Gasteiger partial charge is 0.342 e. The van der Waals surface area contributed by atoms with Crippen molar-refractivity contribution in [2.45, 2.75) is 38.4 Å². The highest BCUT2D eigenvalue weighted by Gasteiger charge is 2.40. The Labute approximate surface area is 253 Å². The molecule has 1 atom stereocenters. The molecule has 6 nitrogen and oxygen atoms in total. The Balaban J connectivity index is 1.52. The van der Waals surface area contributed by atoms with Gasteiger partial charge in [0.1, 0.15) is 6.17 Å². The molecular weight excluding hydrogens is 554 g/mol. The summed E-state index contributed by atoms with van der Waals surface area (Å²) >= 11 is 0. The van der Waals surface area contributed by atoms with Crippen molar-refractivity contribution in [2.75, 3.05) is 14.5 Å². The predicted molar refractivity (Wildman–Crippen MR) is 173 cm³/mol. The van der Waals surface area contributed by atoms with Gasteiger partial charge in [-0.05, 0) is 74.4 Å². The average Bonchev–Trinajstić information content (AvgIpc) is 3.00. The van der Waals surface area contributed by atoms with E-state index in [4.69, 9.17) is 0 Å². The van der Waals surface area contributed by atoms with Crippen LogP contribution in [0.1, 0.15) is 44.3 Å². The highest BCUT2D eigenvalue weighted by Crippen LogP contribution is 2.43. The SMILES string of the molecule is Cc1ccc(NS(=O)(=O)c2ccc3c(c2)C(=O)N(c2ccc(C)cc2)[C@@H](c2cccc(C)c2)N3Cc2ccccc2)cc1. The van der Waals surface area contributed by atoms with Crippen LogP contribution in [0.5, 0.6) is 0 Å². The van der Waals surface area contributed by atoms with Crippen LogP contribution in [0.3, 0.4) is 0 Å². The summed E-state index contributed by atoms with van der Waals surface area (Å²) in [6, 6.07) is 38.1. The van der Waals surface area contributed by atoms with Gasteiger partial charge in [0, 0.05) is 17.9 Å². The molecule has 1 amide bonds. The molecule has 1 aliphatic heterocycles. The number of carbonyl (C=O) groups excluding carboxylic acids is 1. The Morgan fingerprint density at radius 1 is 0.698 bits per heavy atom. The molecule has 0 unspecified atom stereocenters. The first kappa shape index (κ1) is 28.2. The second kappa shape index (κ2) is 11.4. The van der Waals surface area contributed by atoms with E-state index in [9.17, 15) is 13.2 Å². The van der Waals surface area contributed by atoms with E-state index in [1.807, 2.05) is 93.6 Å². The maximum Gasteiger partial charge on any atom is 0.262 e. The molecule has 6 rings (SSSR count). The van der Waals surface area contributed by atoms with E-state index in [-0.39, 0.29) is 10.8 Å². The smallest absolute Gasteiger partial charge is 0.262 e. The summed E-state index contributed by atoms with van der Waals surface area (Å²) in [6.45, 7) is 6.50. The van der Waals surface area contributed by atoms with Gasteiger partial charge in [0.2, 0.25) is 0 Å². The third-order valence-corrected chi connectivity index (χ3v) is 9.11. The van der Waals surface area contributed by atoms with E-state index in [1.54, 1.807) is 29.2 Å². The van der Waals surface area contributed by atoms with Gasteiger partial charge in [0.05, 0.1) is 16.1 Å². The molecule has 0 saturated carbocycles. The number of carbonyl (C=O) groups is 1. The van der Waals surface area contributed by atoms with E-state index >= 15 is 0 Å². The number of aryl methyl sites for hydroxylation is 3. The standard InChI is InChI=1S/C36H33N3O3S/c1-25-12-16-30(17-13-25)37-43(41,42)32-20-21-34-33(23-32)36(40)39(31-18-14-26(2)15-19-31)35(29-11-7-8-27(3)22-29)38(34)24-28-9-5-4-6-10-28/h4-23,35,37H,24H2,1-3H3/t35-/m0/s1. The van der Waals surface area contributed by atoms with Gasteiger partial charge in [-0.1, -0.05) is 95.6 Å². The number of hydrogen-bond donors (Lipinski definition) is 1. The molecule has 1 aliphatic rings. The molecule has 5 aromatic rings. The lowest BCUT2D eigenvalue weighted by Crippen LogP contribution is -2.49. The van der Waals surface area contributed by atoms with Crippen LogP contribution in [0.2, 0.25) is 0 Å². The molecule has 7 heteroatoms. The highest BCUT2D eigenvalue weighted by molar-refractivity contribution is 7.92. The fourth-order valence-corrected chi connectivity index (χ4v) is 6.61. The summed E-state index contributed by atoms with van der Waals surface area (Å²) < 4.78 is 29.7. The van der Waals surface area contributed by atoms with Crippen molar-refractivity contribution in [3.05, 3.63) is 155 Å². The van der Waals surface area contributed by atoms with Gasteiger partial charge in [0.25, 0.3) is 15.9 Å². The molecule has 0 saturated heterocycles. The first-order valence-corrected chi connectivity index (χ1v) is 15.7. The van der Waals surface area contributed by atoms with Crippen molar-refractivity contribution < 1.29 is 13.2 Å². The molecule has 1 N–H and O–H groups in total. The van der Waals surface area contributed by atoms with Crippen LogP contribution < -0.4 is 14.5 Å². The lowest BCUT2D eigenvalue weighted by atomic mass is 9.98. The second-order valence-electron chi connectivity index (χ2n) is 11.1. The van der Waals surface area contributed by atoms with Gasteiger partial charge >= 0.3 is 0 Å². The molecule has 0 fully saturated rings. The summed E-state index contributed by atoms with van der Waals surface area (Å²) in [5.41, 5.74) is 7.43. The van der Waals surface area contributed by atoms with Gasteiger partial charge in [-0.3, -0.25) is 14.4 Å². The minimum Gasteiger partial charge on any atom is -0.342 e. The summed E-state index contributed by atoms with van der Waals surface area (Å²) in [6.07, 6.45) is -0.462. The van der Waals surface area contributed by atoms with Gasteiger partial charge in [-0.25, -0.2) is 8.42 Å². The molecule has 0 radical (unpaired) electrons. The summed E-state index contributed by atoms with van der Waals surface area (Å²) in [7, 11) is -3.96. The van der Waals surface area contributed by atoms with Crippen molar-refractivity contribution in [2.24, 2.45) is 0 Å². The quantitative estimate of drug-likeness (QED) is 0.211. The summed E-state index contributed by atoms with van der Waals surface area (Å²) in [5, 5.41) is 0. The number of benzene rings is 5. The van der Waals surface area contributed by atoms with Crippen LogP contribution in [0.25, 0.3) is 0 Å². The fourth-order valence-electron chi connectivity index (χ4n) is 5.53. The third-order valence-electron chi connectivity index (χ3n) is 7.73.